The Kier molecular flexibility index (Phi) is 6.61. The van der Waals surface area contributed by atoms with Gasteiger partial charge in [0.15, 0.2) is 0 Å². The fourth-order valence-electron chi connectivity index (χ4n) is 5.49. The van der Waals surface area contributed by atoms with Gasteiger partial charge in [-0.15, -0.1) is 0 Å². The van der Waals surface area contributed by atoms with E-state index in [9.17, 15) is 0 Å². The molecule has 0 amide bonds. The van der Waals surface area contributed by atoms with Crippen LogP contribution >= 0.6 is 0 Å². The highest BCUT2D eigenvalue weighted by molar-refractivity contribution is 5.88. The summed E-state index contributed by atoms with van der Waals surface area (Å²) >= 11 is 0. The molecule has 0 bridgehead atoms. The lowest BCUT2D eigenvalue weighted by Gasteiger charge is -2.26. The SMILES string of the molecule is c1ccc(-c2ccc(N(c3ccc(-c4ccccc4)cc3)c3ccc(-c4ccc5ccccc5c4)cc3)cc2)cc1. The van der Waals surface area contributed by atoms with Gasteiger partial charge < -0.3 is 4.90 Å². The fourth-order valence-corrected chi connectivity index (χ4v) is 5.49. The number of hydrogen-bond acceptors (Lipinski definition) is 1. The van der Waals surface area contributed by atoms with Crippen molar-refractivity contribution in [2.75, 3.05) is 4.90 Å². The third-order valence-corrected chi connectivity index (χ3v) is 7.67. The molecule has 0 aliphatic rings. The molecule has 7 rings (SSSR count). The molecule has 0 spiro atoms. The Morgan fingerprint density at radius 1 is 0.244 bits per heavy atom. The lowest BCUT2D eigenvalue weighted by Crippen LogP contribution is -2.09. The monoisotopic (exact) mass is 523 g/mol. The first-order chi connectivity index (χ1) is 20.3. The maximum absolute atomic E-state index is 2.33. The summed E-state index contributed by atoms with van der Waals surface area (Å²) in [5, 5.41) is 2.52. The Labute approximate surface area is 241 Å². The number of fused-ring (bicyclic) bond motifs is 1. The quantitative estimate of drug-likeness (QED) is 0.209. The van der Waals surface area contributed by atoms with Crippen LogP contribution in [0.25, 0.3) is 44.2 Å². The van der Waals surface area contributed by atoms with Crippen LogP contribution in [0, 0.1) is 0 Å². The summed E-state index contributed by atoms with van der Waals surface area (Å²) in [4.78, 5) is 2.33. The minimum atomic E-state index is 1.12. The molecule has 0 radical (unpaired) electrons. The number of benzene rings is 7. The molecule has 0 heterocycles. The molecule has 0 saturated carbocycles. The van der Waals surface area contributed by atoms with E-state index in [1.165, 1.54) is 44.2 Å². The minimum absolute atomic E-state index is 1.12. The summed E-state index contributed by atoms with van der Waals surface area (Å²) < 4.78 is 0. The largest absolute Gasteiger partial charge is 0.311 e. The molecule has 194 valence electrons. The van der Waals surface area contributed by atoms with Gasteiger partial charge in [-0.05, 0) is 86.6 Å². The van der Waals surface area contributed by atoms with Crippen LogP contribution in [0.5, 0.6) is 0 Å². The van der Waals surface area contributed by atoms with E-state index in [0.717, 1.165) is 17.1 Å². The van der Waals surface area contributed by atoms with Crippen molar-refractivity contribution in [3.63, 3.8) is 0 Å². The van der Waals surface area contributed by atoms with Crippen molar-refractivity contribution in [2.24, 2.45) is 0 Å². The summed E-state index contributed by atoms with van der Waals surface area (Å²) in [6.45, 7) is 0. The number of hydrogen-bond donors (Lipinski definition) is 0. The number of anilines is 3. The summed E-state index contributed by atoms with van der Waals surface area (Å²) in [5.41, 5.74) is 10.6. The predicted octanol–water partition coefficient (Wildman–Crippen LogP) is 11.3. The van der Waals surface area contributed by atoms with Crippen molar-refractivity contribution in [1.29, 1.82) is 0 Å². The van der Waals surface area contributed by atoms with Crippen LogP contribution in [0.2, 0.25) is 0 Å². The van der Waals surface area contributed by atoms with Crippen LogP contribution in [0.3, 0.4) is 0 Å². The molecule has 0 fully saturated rings. The summed E-state index contributed by atoms with van der Waals surface area (Å²) in [6, 6.07) is 62.8. The van der Waals surface area contributed by atoms with Gasteiger partial charge in [0, 0.05) is 17.1 Å². The maximum atomic E-state index is 2.33. The van der Waals surface area contributed by atoms with E-state index in [2.05, 4.69) is 181 Å². The topological polar surface area (TPSA) is 3.24 Å². The molecule has 1 heteroatoms. The van der Waals surface area contributed by atoms with Gasteiger partial charge in [-0.2, -0.15) is 0 Å². The van der Waals surface area contributed by atoms with Crippen molar-refractivity contribution >= 4 is 27.8 Å². The van der Waals surface area contributed by atoms with Crippen LogP contribution in [0.1, 0.15) is 0 Å². The number of rotatable bonds is 6. The molecule has 0 aliphatic heterocycles. The molecule has 0 saturated heterocycles. The third-order valence-electron chi connectivity index (χ3n) is 7.67. The van der Waals surface area contributed by atoms with E-state index in [4.69, 9.17) is 0 Å². The molecule has 0 unspecified atom stereocenters. The van der Waals surface area contributed by atoms with Gasteiger partial charge in [-0.25, -0.2) is 0 Å². The van der Waals surface area contributed by atoms with Gasteiger partial charge in [-0.1, -0.05) is 133 Å². The van der Waals surface area contributed by atoms with E-state index in [1.54, 1.807) is 0 Å². The molecule has 41 heavy (non-hydrogen) atoms. The highest BCUT2D eigenvalue weighted by atomic mass is 15.1. The van der Waals surface area contributed by atoms with Crippen LogP contribution in [-0.4, -0.2) is 0 Å². The van der Waals surface area contributed by atoms with Gasteiger partial charge in [0.05, 0.1) is 0 Å². The third kappa shape index (κ3) is 5.14. The van der Waals surface area contributed by atoms with E-state index in [1.807, 2.05) is 0 Å². The highest BCUT2D eigenvalue weighted by Gasteiger charge is 2.14. The van der Waals surface area contributed by atoms with Crippen LogP contribution < -0.4 is 4.90 Å². The van der Waals surface area contributed by atoms with E-state index < -0.39 is 0 Å². The fraction of sp³-hybridized carbons (Fsp3) is 0. The second-order valence-corrected chi connectivity index (χ2v) is 10.3. The van der Waals surface area contributed by atoms with E-state index >= 15 is 0 Å². The predicted molar refractivity (Wildman–Crippen MR) is 175 cm³/mol. The van der Waals surface area contributed by atoms with Crippen molar-refractivity contribution in [3.05, 3.63) is 176 Å². The molecule has 0 aromatic heterocycles. The molecule has 0 atom stereocenters. The normalized spacial score (nSPS) is 10.9. The van der Waals surface area contributed by atoms with E-state index in [-0.39, 0.29) is 0 Å². The average molecular weight is 524 g/mol. The van der Waals surface area contributed by atoms with Gasteiger partial charge in [-0.3, -0.25) is 0 Å². The van der Waals surface area contributed by atoms with Gasteiger partial charge in [0.25, 0.3) is 0 Å². The molecule has 0 N–H and O–H groups in total. The molecule has 1 nitrogen and oxygen atoms in total. The molecular weight excluding hydrogens is 494 g/mol. The molecular formula is C40H29N. The van der Waals surface area contributed by atoms with Gasteiger partial charge in [0.1, 0.15) is 0 Å². The molecule has 0 aliphatic carbocycles. The zero-order valence-corrected chi connectivity index (χ0v) is 22.7. The lowest BCUT2D eigenvalue weighted by molar-refractivity contribution is 1.28. The molecule has 7 aromatic rings. The van der Waals surface area contributed by atoms with Crippen LogP contribution in [0.15, 0.2) is 176 Å². The average Bonchev–Trinajstić information content (AvgIpc) is 3.06. The minimum Gasteiger partial charge on any atom is -0.311 e. The van der Waals surface area contributed by atoms with Crippen molar-refractivity contribution in [3.8, 4) is 33.4 Å². The standard InChI is InChI=1S/C40H29N/c1-3-9-30(10-4-1)33-17-23-38(24-18-33)41(39-25-19-34(20-26-39)31-11-5-2-6-12-31)40-27-21-35(22-28-40)37-16-15-32-13-7-8-14-36(32)29-37/h1-29H. The summed E-state index contributed by atoms with van der Waals surface area (Å²) in [6.07, 6.45) is 0. The first-order valence-corrected chi connectivity index (χ1v) is 14.0. The second-order valence-electron chi connectivity index (χ2n) is 10.3. The zero-order chi connectivity index (χ0) is 27.4. The van der Waals surface area contributed by atoms with Crippen molar-refractivity contribution in [1.82, 2.24) is 0 Å². The summed E-state index contributed by atoms with van der Waals surface area (Å²) in [7, 11) is 0. The number of nitrogens with zero attached hydrogens (tertiary/aromatic N) is 1. The van der Waals surface area contributed by atoms with Gasteiger partial charge in [0.2, 0.25) is 0 Å². The Hall–Kier alpha value is -5.40. The van der Waals surface area contributed by atoms with Crippen LogP contribution in [-0.2, 0) is 0 Å². The zero-order valence-electron chi connectivity index (χ0n) is 22.7. The highest BCUT2D eigenvalue weighted by Crippen LogP contribution is 2.37. The Morgan fingerprint density at radius 3 is 1.05 bits per heavy atom. The Balaban J connectivity index is 1.26. The maximum Gasteiger partial charge on any atom is 0.0462 e. The smallest absolute Gasteiger partial charge is 0.0462 e. The molecule has 7 aromatic carbocycles. The second kappa shape index (κ2) is 11.0. The lowest BCUT2D eigenvalue weighted by atomic mass is 10.0. The van der Waals surface area contributed by atoms with Gasteiger partial charge >= 0.3 is 0 Å². The Morgan fingerprint density at radius 2 is 0.585 bits per heavy atom. The van der Waals surface area contributed by atoms with E-state index in [0.29, 0.717) is 0 Å². The summed E-state index contributed by atoms with van der Waals surface area (Å²) in [5.74, 6) is 0. The first-order valence-electron chi connectivity index (χ1n) is 14.0. The van der Waals surface area contributed by atoms with Crippen molar-refractivity contribution < 1.29 is 0 Å². The van der Waals surface area contributed by atoms with Crippen LogP contribution in [0.4, 0.5) is 17.1 Å². The Bertz CT molecular complexity index is 1810. The first kappa shape index (κ1) is 24.6. The van der Waals surface area contributed by atoms with Crippen molar-refractivity contribution in [2.45, 2.75) is 0 Å².